The molecule has 3 saturated heterocycles. The fraction of sp³-hybridized carbons (Fsp3) is 0.281. The molecule has 0 aliphatic carbocycles. The molecule has 130 heavy (non-hydrogen) atoms. The number of halogens is 4. The maximum Gasteiger partial charge on any atom is 0.332 e. The average Bonchev–Trinajstić information content (AvgIpc) is 0.793. The Kier molecular flexibility index (Phi) is 32.3. The average molecular weight is 1840 g/mol. The number of aromatic nitrogens is 6. The number of nitrogens with one attached hydrogen (secondary N) is 4. The highest BCUT2D eigenvalue weighted by Gasteiger charge is 2.31. The van der Waals surface area contributed by atoms with Gasteiger partial charge in [-0.15, -0.1) is 0 Å². The number of urea groups is 2. The molecule has 0 saturated carbocycles. The zero-order valence-electron chi connectivity index (χ0n) is 74.7. The topological polar surface area (TPSA) is 280 Å². The third-order valence-corrected chi connectivity index (χ3v) is 23.8. The zero-order valence-corrected chi connectivity index (χ0v) is 77.8. The predicted molar refractivity (Wildman–Crippen MR) is 518 cm³/mol. The largest absolute Gasteiger partial charge is 0.497 e. The number of hydrogen-bond acceptors (Lipinski definition) is 25. The Balaban J connectivity index is 0.000000166. The summed E-state index contributed by atoms with van der Waals surface area (Å²) in [5, 5.41) is 13.6. The second-order valence-electron chi connectivity index (χ2n) is 30.7. The molecule has 3 fully saturated rings. The summed E-state index contributed by atoms with van der Waals surface area (Å²) in [6.45, 7) is 15.9. The van der Waals surface area contributed by atoms with Crippen LogP contribution in [0.3, 0.4) is 0 Å². The van der Waals surface area contributed by atoms with E-state index in [9.17, 15) is 14.4 Å². The van der Waals surface area contributed by atoms with Crippen LogP contribution in [-0.4, -0.2) is 219 Å². The molecular weight excluding hydrogens is 1740 g/mol. The number of amides is 5. The minimum atomic E-state index is -0.649. The van der Waals surface area contributed by atoms with E-state index in [2.05, 4.69) is 138 Å². The standard InChI is InChI=1S/C33H36ClN5O3.C32H35Cl2N7O5.C31H34ClN7O3/c1-23-6-5-7-30(34)29(23)21-33(40)39(27-11-9-26(10-12-27)38-16-14-37(2)15-17-38)32-19-25(35-22-36-32)18-24-8-13-28(41-3)20-31(24)42-4;1-39-12-14-40(15-13-39)21-8-6-20(7-9-21)37-27-18-28(36-19-35-27)41(23-11-10-22(43-2)16-24(23)44-3)32(42)38-31-29(33)25(45-4)17-26(46-5)30(31)34;1-21-6-5-7-25(32)30(21)36-31(40)39(26-13-12-24(41-3)18-27(26)42-4)29-19-28(33-20-34-29)35-22-8-10-23(11-9-22)38-16-14-37(2)15-17-38/h5-13,19-20,22H,14-18,21H2,1-4H3;6-11,16-19H,12-15H2,1-5H3,(H,38,42)(H,35,36,37);5-13,18-20H,14-17H2,1-4H3,(H,36,40)(H,33,34,35). The smallest absolute Gasteiger partial charge is 0.332 e. The van der Waals surface area contributed by atoms with E-state index in [4.69, 9.17) is 84.3 Å². The number of nitrogens with zero attached hydrogens (tertiary/aromatic N) is 15. The van der Waals surface area contributed by atoms with Crippen molar-refractivity contribution in [3.63, 3.8) is 0 Å². The highest BCUT2D eigenvalue weighted by molar-refractivity contribution is 6.42. The second kappa shape index (κ2) is 44.6. The fourth-order valence-corrected chi connectivity index (χ4v) is 16.1. The van der Waals surface area contributed by atoms with Gasteiger partial charge in [0, 0.05) is 166 Å². The molecule has 12 aromatic rings. The molecule has 3 aromatic heterocycles. The second-order valence-corrected chi connectivity index (χ2v) is 32.3. The Bertz CT molecular complexity index is 5820. The number of hydrogen-bond donors (Lipinski definition) is 4. The number of piperazine rings is 3. The summed E-state index contributed by atoms with van der Waals surface area (Å²) >= 11 is 26.1. The predicted octanol–water partition coefficient (Wildman–Crippen LogP) is 18.7. The van der Waals surface area contributed by atoms with Crippen molar-refractivity contribution in [2.24, 2.45) is 0 Å². The van der Waals surface area contributed by atoms with Crippen molar-refractivity contribution in [2.75, 3.05) is 207 Å². The molecule has 3 aliphatic heterocycles. The van der Waals surface area contributed by atoms with Crippen molar-refractivity contribution in [2.45, 2.75) is 26.7 Å². The van der Waals surface area contributed by atoms with E-state index < -0.39 is 12.1 Å². The molecule has 5 amide bonds. The molecule has 34 heteroatoms. The molecule has 0 bridgehead atoms. The van der Waals surface area contributed by atoms with Crippen LogP contribution in [0.1, 0.15) is 27.9 Å². The molecule has 9 aromatic carbocycles. The molecule has 4 N–H and O–H groups in total. The molecule has 678 valence electrons. The third kappa shape index (κ3) is 23.4. The summed E-state index contributed by atoms with van der Waals surface area (Å²) in [6.07, 6.45) is 4.91. The Hall–Kier alpha value is -13.3. The molecule has 0 atom stereocenters. The quantitative estimate of drug-likeness (QED) is 0.0372. The minimum absolute atomic E-state index is 0.0911. The third-order valence-electron chi connectivity index (χ3n) is 22.4. The first-order chi connectivity index (χ1) is 63.0. The highest BCUT2D eigenvalue weighted by atomic mass is 35.5. The zero-order chi connectivity index (χ0) is 92.1. The van der Waals surface area contributed by atoms with Gasteiger partial charge in [-0.05, 0) is 167 Å². The Morgan fingerprint density at radius 3 is 1.19 bits per heavy atom. The molecule has 0 radical (unpaired) electrons. The molecule has 6 heterocycles. The number of methoxy groups -OCH3 is 8. The number of benzene rings is 9. The molecule has 0 spiro atoms. The van der Waals surface area contributed by atoms with Crippen molar-refractivity contribution in [3.05, 3.63) is 255 Å². The lowest BCUT2D eigenvalue weighted by Gasteiger charge is -2.34. The number of anilines is 15. The van der Waals surface area contributed by atoms with Gasteiger partial charge in [0.2, 0.25) is 5.91 Å². The van der Waals surface area contributed by atoms with Gasteiger partial charge in [-0.2, -0.15) is 0 Å². The van der Waals surface area contributed by atoms with Gasteiger partial charge in [0.1, 0.15) is 104 Å². The van der Waals surface area contributed by atoms with Crippen molar-refractivity contribution in [3.8, 4) is 46.0 Å². The summed E-state index contributed by atoms with van der Waals surface area (Å²) < 4.78 is 43.7. The maximum absolute atomic E-state index is 14.2. The molecule has 0 unspecified atom stereocenters. The minimum Gasteiger partial charge on any atom is -0.497 e. The van der Waals surface area contributed by atoms with E-state index in [1.165, 1.54) is 69.0 Å². The number of para-hydroxylation sites is 1. The molecule has 3 aliphatic rings. The van der Waals surface area contributed by atoms with Gasteiger partial charge in [0.25, 0.3) is 0 Å². The van der Waals surface area contributed by atoms with Crippen LogP contribution >= 0.6 is 46.4 Å². The number of aryl methyl sites for hydroxylation is 2. The number of rotatable bonds is 27. The van der Waals surface area contributed by atoms with Crippen molar-refractivity contribution in [1.82, 2.24) is 44.6 Å². The van der Waals surface area contributed by atoms with Gasteiger partial charge in [-0.25, -0.2) is 49.3 Å². The number of likely N-dealkylation sites (N-methyl/N-ethyl adjacent to an activating group) is 3. The van der Waals surface area contributed by atoms with Crippen molar-refractivity contribution < 1.29 is 52.3 Å². The SMILES string of the molecule is COc1ccc(Cc2cc(N(C(=O)Cc3c(C)cccc3Cl)c3ccc(N4CCN(C)CC4)cc3)ncn2)c(OC)c1.COc1ccc(N(C(=O)Nc2c(C)cccc2Cl)c2cc(Nc3ccc(N4CCN(C)CC4)cc3)ncn2)c(OC)c1.COc1ccc(N(C(=O)Nc2c(Cl)c(OC)cc(OC)c2Cl)c2cc(Nc3ccc(N4CCN(C)CC4)cc3)ncn2)c(OC)c1. The summed E-state index contributed by atoms with van der Waals surface area (Å²) in [6, 6.07) is 57.2. The molecular formula is C96H105Cl4N19O11. The van der Waals surface area contributed by atoms with Crippen LogP contribution in [0.15, 0.2) is 207 Å². The van der Waals surface area contributed by atoms with Crippen LogP contribution in [0.2, 0.25) is 20.1 Å². The van der Waals surface area contributed by atoms with Gasteiger partial charge in [0.15, 0.2) is 0 Å². The van der Waals surface area contributed by atoms with Crippen molar-refractivity contribution >= 4 is 150 Å². The normalized spacial score (nSPS) is 13.4. The molecule has 15 rings (SSSR count). The maximum atomic E-state index is 14.2. The first kappa shape index (κ1) is 94.3. The summed E-state index contributed by atoms with van der Waals surface area (Å²) in [7, 11) is 18.7. The molecule has 30 nitrogen and oxygen atoms in total. The van der Waals surface area contributed by atoms with E-state index >= 15 is 0 Å². The summed E-state index contributed by atoms with van der Waals surface area (Å²) in [5.41, 5.74) is 11.6. The van der Waals surface area contributed by atoms with Gasteiger partial charge in [-0.3, -0.25) is 9.69 Å². The summed E-state index contributed by atoms with van der Waals surface area (Å²) in [5.74, 6) is 5.74. The lowest BCUT2D eigenvalue weighted by molar-refractivity contribution is -0.117. The highest BCUT2D eigenvalue weighted by Crippen LogP contribution is 2.47. The fourth-order valence-electron chi connectivity index (χ4n) is 14.9. The van der Waals surface area contributed by atoms with E-state index in [-0.39, 0.29) is 45.4 Å². The Labute approximate surface area is 777 Å². The summed E-state index contributed by atoms with van der Waals surface area (Å²) in [4.78, 5) is 87.3. The van der Waals surface area contributed by atoms with E-state index in [1.807, 2.05) is 105 Å². The number of carbonyl (C=O) groups is 3. The van der Waals surface area contributed by atoms with Crippen LogP contribution in [0.25, 0.3) is 0 Å². The first-order valence-corrected chi connectivity index (χ1v) is 43.4. The first-order valence-electron chi connectivity index (χ1n) is 41.9. The van der Waals surface area contributed by atoms with Gasteiger partial charge >= 0.3 is 12.1 Å². The van der Waals surface area contributed by atoms with Crippen LogP contribution in [0.5, 0.6) is 46.0 Å². The number of ether oxygens (including phenoxy) is 8. The van der Waals surface area contributed by atoms with E-state index in [1.54, 1.807) is 87.9 Å². The van der Waals surface area contributed by atoms with Gasteiger partial charge in [-0.1, -0.05) is 76.7 Å². The number of carbonyl (C=O) groups excluding carboxylic acids is 3. The van der Waals surface area contributed by atoms with Gasteiger partial charge < -0.3 is 88.6 Å². The Morgan fingerprint density at radius 2 is 0.769 bits per heavy atom. The van der Waals surface area contributed by atoms with E-state index in [0.717, 1.165) is 135 Å². The van der Waals surface area contributed by atoms with Crippen LogP contribution < -0.4 is 88.6 Å². The lowest BCUT2D eigenvalue weighted by atomic mass is 10.0. The van der Waals surface area contributed by atoms with E-state index in [0.29, 0.717) is 91.3 Å². The van der Waals surface area contributed by atoms with Gasteiger partial charge in [0.05, 0.1) is 102 Å². The van der Waals surface area contributed by atoms with Crippen LogP contribution in [0.4, 0.5) is 95.6 Å². The van der Waals surface area contributed by atoms with Crippen molar-refractivity contribution in [1.29, 1.82) is 0 Å². The van der Waals surface area contributed by atoms with Crippen LogP contribution in [-0.2, 0) is 17.6 Å². The monoisotopic (exact) mass is 1840 g/mol. The van der Waals surface area contributed by atoms with Crippen LogP contribution in [0, 0.1) is 13.8 Å². The lowest BCUT2D eigenvalue weighted by Crippen LogP contribution is -2.44. The Morgan fingerprint density at radius 1 is 0.377 bits per heavy atom.